The molecule has 1 aromatic rings. The van der Waals surface area contributed by atoms with E-state index in [1.54, 1.807) is 25.1 Å². The van der Waals surface area contributed by atoms with Crippen LogP contribution in [0.2, 0.25) is 0 Å². The monoisotopic (exact) mass is 310 g/mol. The zero-order chi connectivity index (χ0) is 15.9. The Morgan fingerprint density at radius 1 is 1.33 bits per heavy atom. The highest BCUT2D eigenvalue weighted by atomic mass is 32.2. The zero-order valence-electron chi connectivity index (χ0n) is 12.6. The molecule has 21 heavy (non-hydrogen) atoms. The zero-order valence-corrected chi connectivity index (χ0v) is 13.4. The Kier molecular flexibility index (Phi) is 6.71. The number of carbonyl (C=O) groups excluding carboxylic acids is 2. The molecule has 0 saturated heterocycles. The number of carbonyl (C=O) groups is 2. The van der Waals surface area contributed by atoms with Crippen LogP contribution in [-0.2, 0) is 4.79 Å². The third-order valence-corrected chi connectivity index (χ3v) is 3.72. The summed E-state index contributed by atoms with van der Waals surface area (Å²) in [5.41, 5.74) is 0.563. The Balaban J connectivity index is 2.38. The molecule has 1 aromatic carbocycles. The molecule has 0 bridgehead atoms. The van der Waals surface area contributed by atoms with E-state index in [-0.39, 0.29) is 24.9 Å². The lowest BCUT2D eigenvalue weighted by Gasteiger charge is -2.22. The molecule has 1 atom stereocenters. The molecule has 0 heterocycles. The van der Waals surface area contributed by atoms with Crippen LogP contribution in [0.3, 0.4) is 0 Å². The molecule has 5 nitrogen and oxygen atoms in total. The number of thioether (sulfide) groups is 1. The lowest BCUT2D eigenvalue weighted by atomic mass is 10.1. The summed E-state index contributed by atoms with van der Waals surface area (Å²) < 4.78 is 0. The maximum atomic E-state index is 11.9. The van der Waals surface area contributed by atoms with Gasteiger partial charge in [0.05, 0.1) is 12.1 Å². The van der Waals surface area contributed by atoms with Crippen LogP contribution in [0.5, 0.6) is 0 Å². The molecule has 0 spiro atoms. The van der Waals surface area contributed by atoms with Gasteiger partial charge in [-0.3, -0.25) is 9.59 Å². The maximum Gasteiger partial charge on any atom is 0.251 e. The fraction of sp³-hybridized carbons (Fsp3) is 0.467. The van der Waals surface area contributed by atoms with Crippen molar-refractivity contribution in [3.63, 3.8) is 0 Å². The molecule has 116 valence electrons. The molecule has 0 aromatic heterocycles. The first-order chi connectivity index (χ1) is 9.84. The molecular formula is C15H22N2O3S. The van der Waals surface area contributed by atoms with Crippen molar-refractivity contribution in [2.24, 2.45) is 0 Å². The van der Waals surface area contributed by atoms with Gasteiger partial charge in [-0.05, 0) is 32.2 Å². The molecular weight excluding hydrogens is 288 g/mol. The van der Waals surface area contributed by atoms with Crippen LogP contribution in [-0.4, -0.2) is 47.6 Å². The van der Waals surface area contributed by atoms with Crippen molar-refractivity contribution in [1.82, 2.24) is 10.6 Å². The highest BCUT2D eigenvalue weighted by Crippen LogP contribution is 2.08. The van der Waals surface area contributed by atoms with Crippen molar-refractivity contribution < 1.29 is 14.7 Å². The van der Waals surface area contributed by atoms with Crippen molar-refractivity contribution in [1.29, 1.82) is 0 Å². The average Bonchev–Trinajstić information content (AvgIpc) is 2.42. The van der Waals surface area contributed by atoms with Gasteiger partial charge in [-0.25, -0.2) is 0 Å². The summed E-state index contributed by atoms with van der Waals surface area (Å²) in [6, 6.07) is 7.15. The molecule has 1 rings (SSSR count). The van der Waals surface area contributed by atoms with E-state index >= 15 is 0 Å². The van der Waals surface area contributed by atoms with Gasteiger partial charge in [0, 0.05) is 17.9 Å². The lowest BCUT2D eigenvalue weighted by Crippen LogP contribution is -2.45. The molecule has 0 fully saturated rings. The normalized spacial score (nSPS) is 13.3. The Labute approximate surface area is 129 Å². The van der Waals surface area contributed by atoms with Gasteiger partial charge in [-0.1, -0.05) is 17.7 Å². The van der Waals surface area contributed by atoms with Crippen molar-refractivity contribution in [2.75, 3.05) is 25.1 Å². The number of aliphatic hydroxyl groups is 1. The molecule has 3 N–H and O–H groups in total. The molecule has 0 aliphatic heterocycles. The van der Waals surface area contributed by atoms with Crippen molar-refractivity contribution in [3.05, 3.63) is 35.4 Å². The van der Waals surface area contributed by atoms with Crippen LogP contribution in [0, 0.1) is 6.92 Å². The minimum Gasteiger partial charge on any atom is -0.387 e. The first-order valence-corrected chi connectivity index (χ1v) is 8.06. The van der Waals surface area contributed by atoms with Gasteiger partial charge in [-0.2, -0.15) is 11.8 Å². The number of amides is 2. The molecule has 0 saturated carbocycles. The molecule has 0 aliphatic rings. The van der Waals surface area contributed by atoms with Gasteiger partial charge < -0.3 is 15.7 Å². The van der Waals surface area contributed by atoms with Crippen LogP contribution in [0.15, 0.2) is 24.3 Å². The van der Waals surface area contributed by atoms with Crippen molar-refractivity contribution >= 4 is 23.6 Å². The number of nitrogens with one attached hydrogen (secondary N) is 2. The Hall–Kier alpha value is -1.53. The van der Waals surface area contributed by atoms with Gasteiger partial charge in [0.2, 0.25) is 5.91 Å². The minimum absolute atomic E-state index is 0.109. The summed E-state index contributed by atoms with van der Waals surface area (Å²) in [5, 5.41) is 15.1. The summed E-state index contributed by atoms with van der Waals surface area (Å²) in [7, 11) is 0. The second-order valence-electron chi connectivity index (χ2n) is 5.26. The predicted molar refractivity (Wildman–Crippen MR) is 85.5 cm³/mol. The van der Waals surface area contributed by atoms with E-state index in [1.165, 1.54) is 11.8 Å². The fourth-order valence-electron chi connectivity index (χ4n) is 1.76. The molecule has 1 unspecified atom stereocenters. The van der Waals surface area contributed by atoms with Crippen LogP contribution in [0.1, 0.15) is 22.8 Å². The average molecular weight is 310 g/mol. The van der Waals surface area contributed by atoms with Gasteiger partial charge in [0.1, 0.15) is 0 Å². The number of benzene rings is 1. The summed E-state index contributed by atoms with van der Waals surface area (Å²) in [5.74, 6) is -0.0785. The lowest BCUT2D eigenvalue weighted by molar-refractivity contribution is -0.121. The third kappa shape index (κ3) is 6.64. The summed E-state index contributed by atoms with van der Waals surface area (Å²) in [4.78, 5) is 23.5. The van der Waals surface area contributed by atoms with E-state index in [9.17, 15) is 14.7 Å². The van der Waals surface area contributed by atoms with E-state index in [2.05, 4.69) is 10.6 Å². The van der Waals surface area contributed by atoms with Gasteiger partial charge in [0.25, 0.3) is 5.91 Å². The Morgan fingerprint density at radius 2 is 2.05 bits per heavy atom. The van der Waals surface area contributed by atoms with E-state index in [1.807, 2.05) is 19.2 Å². The number of hydrogen-bond donors (Lipinski definition) is 3. The largest absolute Gasteiger partial charge is 0.387 e. The number of aryl methyl sites for hydroxylation is 1. The van der Waals surface area contributed by atoms with E-state index in [4.69, 9.17) is 0 Å². The smallest absolute Gasteiger partial charge is 0.251 e. The Morgan fingerprint density at radius 3 is 2.67 bits per heavy atom. The minimum atomic E-state index is -0.949. The van der Waals surface area contributed by atoms with Gasteiger partial charge in [-0.15, -0.1) is 0 Å². The van der Waals surface area contributed by atoms with E-state index in [0.29, 0.717) is 11.3 Å². The second kappa shape index (κ2) is 8.05. The SMILES string of the molecule is CSCC(C)(O)CNC(=O)CNC(=O)c1cccc(C)c1. The van der Waals surface area contributed by atoms with Crippen molar-refractivity contribution in [3.8, 4) is 0 Å². The van der Waals surface area contributed by atoms with E-state index < -0.39 is 5.60 Å². The number of rotatable bonds is 7. The summed E-state index contributed by atoms with van der Waals surface area (Å²) >= 11 is 1.51. The van der Waals surface area contributed by atoms with Gasteiger partial charge >= 0.3 is 0 Å². The number of hydrogen-bond acceptors (Lipinski definition) is 4. The quantitative estimate of drug-likeness (QED) is 0.701. The highest BCUT2D eigenvalue weighted by molar-refractivity contribution is 7.98. The predicted octanol–water partition coefficient (Wildman–Crippen LogP) is 0.955. The Bertz CT molecular complexity index is 503. The van der Waals surface area contributed by atoms with Crippen LogP contribution < -0.4 is 10.6 Å². The highest BCUT2D eigenvalue weighted by Gasteiger charge is 2.20. The topological polar surface area (TPSA) is 78.4 Å². The van der Waals surface area contributed by atoms with Crippen LogP contribution in [0.25, 0.3) is 0 Å². The summed E-state index contributed by atoms with van der Waals surface area (Å²) in [6.45, 7) is 3.61. The fourth-order valence-corrected chi connectivity index (χ4v) is 2.49. The van der Waals surface area contributed by atoms with Crippen LogP contribution in [0.4, 0.5) is 0 Å². The maximum absolute atomic E-state index is 11.9. The molecule has 6 heteroatoms. The summed E-state index contributed by atoms with van der Waals surface area (Å²) in [6.07, 6.45) is 1.89. The second-order valence-corrected chi connectivity index (χ2v) is 6.12. The molecule has 0 aliphatic carbocycles. The first kappa shape index (κ1) is 17.5. The molecule has 0 radical (unpaired) electrons. The standard InChI is InChI=1S/C15H22N2O3S/c1-11-5-4-6-12(7-11)14(19)16-8-13(18)17-9-15(2,20)10-21-3/h4-7,20H,8-10H2,1-3H3,(H,16,19)(H,17,18). The molecule has 2 amide bonds. The van der Waals surface area contributed by atoms with E-state index in [0.717, 1.165) is 5.56 Å². The van der Waals surface area contributed by atoms with Crippen LogP contribution >= 0.6 is 11.8 Å². The first-order valence-electron chi connectivity index (χ1n) is 6.67. The van der Waals surface area contributed by atoms with Gasteiger partial charge in [0.15, 0.2) is 0 Å². The van der Waals surface area contributed by atoms with Crippen molar-refractivity contribution in [2.45, 2.75) is 19.4 Å². The third-order valence-electron chi connectivity index (χ3n) is 2.81.